The normalized spacial score (nSPS) is 21.6. The van der Waals surface area contributed by atoms with Crippen LogP contribution in [0.1, 0.15) is 48.7 Å². The number of thiazole rings is 1. The first kappa shape index (κ1) is 12.0. The summed E-state index contributed by atoms with van der Waals surface area (Å²) < 4.78 is 5.42. The maximum absolute atomic E-state index is 5.80. The summed E-state index contributed by atoms with van der Waals surface area (Å²) in [5.74, 6) is 0.492. The minimum absolute atomic E-state index is 0.0862. The van der Waals surface area contributed by atoms with Gasteiger partial charge in [-0.3, -0.25) is 0 Å². The molecule has 2 rings (SSSR count). The van der Waals surface area contributed by atoms with Crippen LogP contribution in [-0.4, -0.2) is 18.2 Å². The molecule has 1 aliphatic rings. The number of nitrogens with two attached hydrogens (primary N) is 1. The Hall–Kier alpha value is -0.450. The Labute approximate surface area is 101 Å². The van der Waals surface area contributed by atoms with E-state index < -0.39 is 0 Å². The minimum Gasteiger partial charge on any atom is -0.381 e. The van der Waals surface area contributed by atoms with Crippen LogP contribution in [0.5, 0.6) is 0 Å². The average Bonchev–Trinajstić information content (AvgIpc) is 2.85. The van der Waals surface area contributed by atoms with Crippen molar-refractivity contribution in [1.82, 2.24) is 4.98 Å². The molecular weight excluding hydrogens is 220 g/mol. The Morgan fingerprint density at radius 3 is 2.69 bits per heavy atom. The van der Waals surface area contributed by atoms with E-state index >= 15 is 0 Å². The van der Waals surface area contributed by atoms with Gasteiger partial charge in [-0.2, -0.15) is 0 Å². The third-order valence-corrected chi connectivity index (χ3v) is 4.13. The second-order valence-electron chi connectivity index (χ2n) is 5.34. The van der Waals surface area contributed by atoms with E-state index in [0.29, 0.717) is 12.5 Å². The third-order valence-electron chi connectivity index (χ3n) is 2.89. The number of rotatable bonds is 2. The van der Waals surface area contributed by atoms with Gasteiger partial charge in [0, 0.05) is 29.4 Å². The average molecular weight is 240 g/mol. The molecule has 1 saturated heterocycles. The lowest BCUT2D eigenvalue weighted by Crippen LogP contribution is -2.15. The molecule has 2 N–H and O–H groups in total. The quantitative estimate of drug-likeness (QED) is 0.863. The molecule has 0 aliphatic carbocycles. The molecule has 0 radical (unpaired) electrons. The molecule has 0 saturated carbocycles. The zero-order chi connectivity index (χ0) is 11.8. The van der Waals surface area contributed by atoms with Gasteiger partial charge in [0.05, 0.1) is 17.3 Å². The van der Waals surface area contributed by atoms with Crippen LogP contribution in [-0.2, 0) is 16.7 Å². The van der Waals surface area contributed by atoms with Crippen molar-refractivity contribution in [3.05, 3.63) is 15.6 Å². The number of hydrogen-bond acceptors (Lipinski definition) is 4. The fourth-order valence-electron chi connectivity index (χ4n) is 2.00. The second kappa shape index (κ2) is 4.43. The van der Waals surface area contributed by atoms with Gasteiger partial charge in [0.2, 0.25) is 0 Å². The number of aromatic nitrogens is 1. The molecule has 0 bridgehead atoms. The van der Waals surface area contributed by atoms with Crippen molar-refractivity contribution in [2.24, 2.45) is 5.73 Å². The fourth-order valence-corrected chi connectivity index (χ4v) is 3.27. The zero-order valence-electron chi connectivity index (χ0n) is 10.2. The standard InChI is InChI=1S/C12H20N2OS/c1-12(2,3)10-9(6-13)16-11(14-10)8-4-5-15-7-8/h8H,4-7,13H2,1-3H3. The molecule has 1 aliphatic heterocycles. The summed E-state index contributed by atoms with van der Waals surface area (Å²) in [5, 5.41) is 1.21. The van der Waals surface area contributed by atoms with Gasteiger partial charge in [0.15, 0.2) is 0 Å². The van der Waals surface area contributed by atoms with Gasteiger partial charge in [-0.05, 0) is 6.42 Å². The lowest BCUT2D eigenvalue weighted by Gasteiger charge is -2.17. The van der Waals surface area contributed by atoms with Crippen molar-refractivity contribution in [2.75, 3.05) is 13.2 Å². The van der Waals surface area contributed by atoms with Gasteiger partial charge in [0.1, 0.15) is 0 Å². The molecule has 1 fully saturated rings. The first-order valence-electron chi connectivity index (χ1n) is 5.80. The molecular formula is C12H20N2OS. The summed E-state index contributed by atoms with van der Waals surface area (Å²) in [4.78, 5) is 6.02. The van der Waals surface area contributed by atoms with Crippen LogP contribution in [0.25, 0.3) is 0 Å². The number of hydrogen-bond donors (Lipinski definition) is 1. The molecule has 90 valence electrons. The van der Waals surface area contributed by atoms with Gasteiger partial charge in [0.25, 0.3) is 0 Å². The van der Waals surface area contributed by atoms with Crippen molar-refractivity contribution in [2.45, 2.75) is 45.1 Å². The molecule has 16 heavy (non-hydrogen) atoms. The maximum atomic E-state index is 5.80. The predicted octanol–water partition coefficient (Wildman–Crippen LogP) is 2.40. The van der Waals surface area contributed by atoms with E-state index in [-0.39, 0.29) is 5.41 Å². The van der Waals surface area contributed by atoms with Crippen molar-refractivity contribution in [3.8, 4) is 0 Å². The zero-order valence-corrected chi connectivity index (χ0v) is 11.1. The van der Waals surface area contributed by atoms with E-state index in [4.69, 9.17) is 15.5 Å². The Morgan fingerprint density at radius 2 is 2.25 bits per heavy atom. The molecule has 1 aromatic rings. The van der Waals surface area contributed by atoms with Crippen molar-refractivity contribution < 1.29 is 4.74 Å². The molecule has 1 unspecified atom stereocenters. The smallest absolute Gasteiger partial charge is 0.0986 e. The molecule has 1 atom stereocenters. The van der Waals surface area contributed by atoms with Gasteiger partial charge in [-0.15, -0.1) is 11.3 Å². The monoisotopic (exact) mass is 240 g/mol. The number of nitrogens with zero attached hydrogens (tertiary/aromatic N) is 1. The predicted molar refractivity (Wildman–Crippen MR) is 66.9 cm³/mol. The highest BCUT2D eigenvalue weighted by Crippen LogP contribution is 2.35. The lowest BCUT2D eigenvalue weighted by molar-refractivity contribution is 0.194. The van der Waals surface area contributed by atoms with E-state index in [2.05, 4.69) is 20.8 Å². The van der Waals surface area contributed by atoms with Crippen LogP contribution in [0.4, 0.5) is 0 Å². The van der Waals surface area contributed by atoms with Gasteiger partial charge in [-0.25, -0.2) is 4.98 Å². The SMILES string of the molecule is CC(C)(C)c1nc(C2CCOC2)sc1CN. The molecule has 0 amide bonds. The minimum atomic E-state index is 0.0862. The van der Waals surface area contributed by atoms with Gasteiger partial charge >= 0.3 is 0 Å². The summed E-state index contributed by atoms with van der Waals surface area (Å²) in [6, 6.07) is 0. The molecule has 0 spiro atoms. The highest BCUT2D eigenvalue weighted by Gasteiger charge is 2.27. The van der Waals surface area contributed by atoms with E-state index in [1.165, 1.54) is 15.6 Å². The van der Waals surface area contributed by atoms with E-state index in [1.54, 1.807) is 11.3 Å². The summed E-state index contributed by atoms with van der Waals surface area (Å²) in [6.45, 7) is 8.86. The topological polar surface area (TPSA) is 48.1 Å². The maximum Gasteiger partial charge on any atom is 0.0986 e. The first-order chi connectivity index (χ1) is 7.52. The largest absolute Gasteiger partial charge is 0.381 e. The van der Waals surface area contributed by atoms with Crippen LogP contribution < -0.4 is 5.73 Å². The third kappa shape index (κ3) is 2.29. The van der Waals surface area contributed by atoms with E-state index in [9.17, 15) is 0 Å². The molecule has 4 heteroatoms. The Bertz CT molecular complexity index is 362. The highest BCUT2D eigenvalue weighted by atomic mass is 32.1. The Balaban J connectivity index is 2.31. The molecule has 2 heterocycles. The van der Waals surface area contributed by atoms with Gasteiger partial charge < -0.3 is 10.5 Å². The van der Waals surface area contributed by atoms with Crippen LogP contribution in [0, 0.1) is 0 Å². The lowest BCUT2D eigenvalue weighted by atomic mass is 9.91. The summed E-state index contributed by atoms with van der Waals surface area (Å²) in [6.07, 6.45) is 1.10. The first-order valence-corrected chi connectivity index (χ1v) is 6.62. The molecule has 3 nitrogen and oxygen atoms in total. The second-order valence-corrected chi connectivity index (χ2v) is 6.45. The van der Waals surface area contributed by atoms with Crippen LogP contribution in [0.3, 0.4) is 0 Å². The van der Waals surface area contributed by atoms with Crippen LogP contribution in [0.2, 0.25) is 0 Å². The van der Waals surface area contributed by atoms with E-state index in [0.717, 1.165) is 19.6 Å². The highest BCUT2D eigenvalue weighted by molar-refractivity contribution is 7.11. The summed E-state index contributed by atoms with van der Waals surface area (Å²) >= 11 is 1.77. The summed E-state index contributed by atoms with van der Waals surface area (Å²) in [7, 11) is 0. The van der Waals surface area contributed by atoms with E-state index in [1.807, 2.05) is 0 Å². The van der Waals surface area contributed by atoms with Gasteiger partial charge in [-0.1, -0.05) is 20.8 Å². The fraction of sp³-hybridized carbons (Fsp3) is 0.750. The summed E-state index contributed by atoms with van der Waals surface area (Å²) in [5.41, 5.74) is 7.05. The van der Waals surface area contributed by atoms with Crippen molar-refractivity contribution in [3.63, 3.8) is 0 Å². The molecule has 1 aromatic heterocycles. The van der Waals surface area contributed by atoms with Crippen molar-refractivity contribution >= 4 is 11.3 Å². The Morgan fingerprint density at radius 1 is 1.50 bits per heavy atom. The molecule has 0 aromatic carbocycles. The van der Waals surface area contributed by atoms with Crippen LogP contribution in [0.15, 0.2) is 0 Å². The Kier molecular flexibility index (Phi) is 3.33. The van der Waals surface area contributed by atoms with Crippen LogP contribution >= 0.6 is 11.3 Å². The number of ether oxygens (including phenoxy) is 1. The van der Waals surface area contributed by atoms with Crippen molar-refractivity contribution in [1.29, 1.82) is 0 Å².